The van der Waals surface area contributed by atoms with Crippen molar-refractivity contribution in [2.75, 3.05) is 13.4 Å². The average molecular weight is 275 g/mol. The lowest BCUT2D eigenvalue weighted by Crippen LogP contribution is -2.05. The molecule has 0 radical (unpaired) electrons. The van der Waals surface area contributed by atoms with Crippen LogP contribution >= 0.6 is 15.9 Å². The second-order valence-electron chi connectivity index (χ2n) is 3.65. The highest BCUT2D eigenvalue weighted by molar-refractivity contribution is 9.10. The molecule has 0 spiro atoms. The molecular formula is C11H12BrFO2. The molecule has 1 aliphatic rings. The zero-order valence-corrected chi connectivity index (χ0v) is 9.80. The number of rotatable bonds is 5. The molecule has 4 heteroatoms. The molecule has 0 saturated heterocycles. The first kappa shape index (κ1) is 10.9. The summed E-state index contributed by atoms with van der Waals surface area (Å²) < 4.78 is 24.0. The summed E-state index contributed by atoms with van der Waals surface area (Å²) in [6.45, 7) is 0.986. The molecule has 0 aromatic heterocycles. The van der Waals surface area contributed by atoms with E-state index in [1.807, 2.05) is 0 Å². The van der Waals surface area contributed by atoms with Crippen LogP contribution in [-0.4, -0.2) is 13.4 Å². The second kappa shape index (κ2) is 4.94. The summed E-state index contributed by atoms with van der Waals surface area (Å²) in [6.07, 6.45) is 2.53. The summed E-state index contributed by atoms with van der Waals surface area (Å²) in [5.41, 5.74) is 0. The normalized spacial score (nSPS) is 15.3. The fourth-order valence-electron chi connectivity index (χ4n) is 1.20. The molecule has 1 fully saturated rings. The molecule has 0 atom stereocenters. The van der Waals surface area contributed by atoms with Crippen molar-refractivity contribution in [2.45, 2.75) is 12.8 Å². The van der Waals surface area contributed by atoms with Gasteiger partial charge in [0, 0.05) is 0 Å². The van der Waals surface area contributed by atoms with Crippen LogP contribution < -0.4 is 4.74 Å². The van der Waals surface area contributed by atoms with Gasteiger partial charge in [0.05, 0.1) is 11.1 Å². The van der Waals surface area contributed by atoms with Gasteiger partial charge < -0.3 is 9.47 Å². The zero-order valence-electron chi connectivity index (χ0n) is 8.21. The van der Waals surface area contributed by atoms with Crippen molar-refractivity contribution in [3.05, 3.63) is 28.5 Å². The van der Waals surface area contributed by atoms with E-state index in [4.69, 9.17) is 9.47 Å². The molecule has 1 aliphatic carbocycles. The van der Waals surface area contributed by atoms with Crippen molar-refractivity contribution in [1.82, 2.24) is 0 Å². The minimum atomic E-state index is -0.284. The average Bonchev–Trinajstić information content (AvgIpc) is 2.99. The van der Waals surface area contributed by atoms with E-state index in [2.05, 4.69) is 15.9 Å². The molecule has 0 N–H and O–H groups in total. The van der Waals surface area contributed by atoms with E-state index in [1.165, 1.54) is 25.0 Å². The molecule has 2 rings (SSSR count). The quantitative estimate of drug-likeness (QED) is 0.606. The van der Waals surface area contributed by atoms with Gasteiger partial charge in [-0.3, -0.25) is 0 Å². The van der Waals surface area contributed by atoms with Crippen LogP contribution in [0.2, 0.25) is 0 Å². The van der Waals surface area contributed by atoms with Crippen LogP contribution in [0, 0.1) is 11.7 Å². The third kappa shape index (κ3) is 3.47. The van der Waals surface area contributed by atoms with E-state index in [9.17, 15) is 4.39 Å². The molecular weight excluding hydrogens is 263 g/mol. The van der Waals surface area contributed by atoms with Crippen LogP contribution in [0.3, 0.4) is 0 Å². The van der Waals surface area contributed by atoms with Gasteiger partial charge in [-0.15, -0.1) is 0 Å². The van der Waals surface area contributed by atoms with Gasteiger partial charge in [0.1, 0.15) is 11.6 Å². The number of hydrogen-bond acceptors (Lipinski definition) is 2. The Morgan fingerprint density at radius 2 is 2.20 bits per heavy atom. The monoisotopic (exact) mass is 274 g/mol. The predicted octanol–water partition coefficient (Wildman–Crippen LogP) is 3.35. The molecule has 1 aromatic carbocycles. The van der Waals surface area contributed by atoms with Gasteiger partial charge >= 0.3 is 0 Å². The molecule has 1 saturated carbocycles. The molecule has 0 bridgehead atoms. The van der Waals surface area contributed by atoms with Gasteiger partial charge in [0.15, 0.2) is 6.79 Å². The van der Waals surface area contributed by atoms with Crippen molar-refractivity contribution in [2.24, 2.45) is 5.92 Å². The van der Waals surface area contributed by atoms with E-state index in [-0.39, 0.29) is 12.6 Å². The SMILES string of the molecule is Fc1ccc(OCOCC2CC2)c(Br)c1. The smallest absolute Gasteiger partial charge is 0.189 e. The molecule has 82 valence electrons. The number of hydrogen-bond donors (Lipinski definition) is 0. The number of ether oxygens (including phenoxy) is 2. The van der Waals surface area contributed by atoms with E-state index < -0.39 is 0 Å². The minimum Gasteiger partial charge on any atom is -0.466 e. The van der Waals surface area contributed by atoms with E-state index in [0.29, 0.717) is 10.2 Å². The predicted molar refractivity (Wildman–Crippen MR) is 58.3 cm³/mol. The molecule has 15 heavy (non-hydrogen) atoms. The lowest BCUT2D eigenvalue weighted by atomic mass is 10.3. The maximum Gasteiger partial charge on any atom is 0.189 e. The minimum absolute atomic E-state index is 0.223. The van der Waals surface area contributed by atoms with Crippen LogP contribution in [0.25, 0.3) is 0 Å². The van der Waals surface area contributed by atoms with E-state index in [0.717, 1.165) is 12.5 Å². The summed E-state index contributed by atoms with van der Waals surface area (Å²) in [5.74, 6) is 1.05. The Morgan fingerprint density at radius 1 is 1.40 bits per heavy atom. The Kier molecular flexibility index (Phi) is 3.59. The summed E-state index contributed by atoms with van der Waals surface area (Å²) in [4.78, 5) is 0. The molecule has 0 unspecified atom stereocenters. The summed E-state index contributed by atoms with van der Waals surface area (Å²) >= 11 is 3.22. The fraction of sp³-hybridized carbons (Fsp3) is 0.455. The van der Waals surface area contributed by atoms with Crippen molar-refractivity contribution < 1.29 is 13.9 Å². The highest BCUT2D eigenvalue weighted by atomic mass is 79.9. The van der Waals surface area contributed by atoms with Crippen LogP contribution in [0.15, 0.2) is 22.7 Å². The van der Waals surface area contributed by atoms with E-state index in [1.54, 1.807) is 6.07 Å². The Labute approximate surface area is 96.5 Å². The lowest BCUT2D eigenvalue weighted by Gasteiger charge is -2.08. The van der Waals surface area contributed by atoms with Crippen LogP contribution in [0.4, 0.5) is 4.39 Å². The highest BCUT2D eigenvalue weighted by Gasteiger charge is 2.21. The largest absolute Gasteiger partial charge is 0.466 e. The highest BCUT2D eigenvalue weighted by Crippen LogP contribution is 2.29. The number of benzene rings is 1. The molecule has 0 aliphatic heterocycles. The standard InChI is InChI=1S/C11H12BrFO2/c12-10-5-9(13)3-4-11(10)15-7-14-6-8-1-2-8/h3-5,8H,1-2,6-7H2. The Morgan fingerprint density at radius 3 is 2.87 bits per heavy atom. The molecule has 1 aromatic rings. The van der Waals surface area contributed by atoms with Crippen molar-refractivity contribution in [1.29, 1.82) is 0 Å². The van der Waals surface area contributed by atoms with Gasteiger partial charge in [-0.05, 0) is 52.9 Å². The topological polar surface area (TPSA) is 18.5 Å². The fourth-order valence-corrected chi connectivity index (χ4v) is 1.66. The maximum atomic E-state index is 12.7. The third-order valence-electron chi connectivity index (χ3n) is 2.24. The Hall–Kier alpha value is -0.610. The van der Waals surface area contributed by atoms with Crippen molar-refractivity contribution >= 4 is 15.9 Å². The first-order valence-corrected chi connectivity index (χ1v) is 5.70. The van der Waals surface area contributed by atoms with Crippen LogP contribution in [0.5, 0.6) is 5.75 Å². The van der Waals surface area contributed by atoms with Crippen LogP contribution in [0.1, 0.15) is 12.8 Å². The summed E-state index contributed by atoms with van der Waals surface area (Å²) in [6, 6.07) is 4.32. The Bertz CT molecular complexity index is 339. The van der Waals surface area contributed by atoms with E-state index >= 15 is 0 Å². The van der Waals surface area contributed by atoms with Gasteiger partial charge in [0.25, 0.3) is 0 Å². The van der Waals surface area contributed by atoms with Crippen molar-refractivity contribution in [3.8, 4) is 5.75 Å². The van der Waals surface area contributed by atoms with Crippen LogP contribution in [-0.2, 0) is 4.74 Å². The van der Waals surface area contributed by atoms with Crippen molar-refractivity contribution in [3.63, 3.8) is 0 Å². The van der Waals surface area contributed by atoms with Gasteiger partial charge in [-0.25, -0.2) is 4.39 Å². The molecule has 0 amide bonds. The van der Waals surface area contributed by atoms with Gasteiger partial charge in [0.2, 0.25) is 0 Å². The van der Waals surface area contributed by atoms with Gasteiger partial charge in [-0.2, -0.15) is 0 Å². The maximum absolute atomic E-state index is 12.7. The molecule has 0 heterocycles. The summed E-state index contributed by atoms with van der Waals surface area (Å²) in [7, 11) is 0. The third-order valence-corrected chi connectivity index (χ3v) is 2.86. The molecule has 2 nitrogen and oxygen atoms in total. The number of halogens is 2. The Balaban J connectivity index is 1.76. The summed E-state index contributed by atoms with van der Waals surface area (Å²) in [5, 5.41) is 0. The lowest BCUT2D eigenvalue weighted by molar-refractivity contribution is 0.00952. The second-order valence-corrected chi connectivity index (χ2v) is 4.51. The van der Waals surface area contributed by atoms with Gasteiger partial charge in [-0.1, -0.05) is 0 Å². The first-order valence-electron chi connectivity index (χ1n) is 4.91. The first-order chi connectivity index (χ1) is 7.25. The zero-order chi connectivity index (χ0) is 10.7.